The maximum absolute atomic E-state index is 12.2. The van der Waals surface area contributed by atoms with Crippen molar-refractivity contribution in [3.05, 3.63) is 5.82 Å². The van der Waals surface area contributed by atoms with Gasteiger partial charge in [0.1, 0.15) is 5.82 Å². The molecule has 20 heavy (non-hydrogen) atoms. The van der Waals surface area contributed by atoms with Gasteiger partial charge in [-0.25, -0.2) is 4.98 Å². The third-order valence-corrected chi connectivity index (χ3v) is 4.49. The van der Waals surface area contributed by atoms with Crippen molar-refractivity contribution < 1.29 is 9.53 Å². The second kappa shape index (κ2) is 6.52. The molecule has 1 aliphatic carbocycles. The van der Waals surface area contributed by atoms with Crippen LogP contribution in [-0.2, 0) is 9.53 Å². The zero-order valence-corrected chi connectivity index (χ0v) is 13.3. The molecule has 2 rings (SSSR count). The Morgan fingerprint density at radius 3 is 2.70 bits per heavy atom. The zero-order valence-electron chi connectivity index (χ0n) is 12.4. The number of aromatic nitrogens is 2. The third kappa shape index (κ3) is 3.29. The van der Waals surface area contributed by atoms with Gasteiger partial charge in [0, 0.05) is 24.0 Å². The van der Waals surface area contributed by atoms with Gasteiger partial charge in [-0.2, -0.15) is 4.37 Å². The molecule has 1 aromatic rings. The highest BCUT2D eigenvalue weighted by atomic mass is 32.1. The highest BCUT2D eigenvalue weighted by Gasteiger charge is 2.42. The number of carbonyl (C=O) groups excluding carboxylic acids is 1. The Hall–Kier alpha value is -1.17. The summed E-state index contributed by atoms with van der Waals surface area (Å²) in [4.78, 5) is 16.7. The molecule has 0 aromatic carbocycles. The lowest BCUT2D eigenvalue weighted by Crippen LogP contribution is -2.37. The summed E-state index contributed by atoms with van der Waals surface area (Å²) < 4.78 is 9.57. The monoisotopic (exact) mass is 297 g/mol. The molecule has 1 saturated carbocycles. The molecule has 1 aliphatic rings. The van der Waals surface area contributed by atoms with E-state index in [4.69, 9.17) is 4.74 Å². The minimum atomic E-state index is -0.375. The second-order valence-corrected chi connectivity index (χ2v) is 6.43. The quantitative estimate of drug-likeness (QED) is 0.817. The third-order valence-electron chi connectivity index (χ3n) is 3.81. The molecule has 1 aromatic heterocycles. The van der Waals surface area contributed by atoms with Crippen molar-refractivity contribution in [2.45, 2.75) is 52.4 Å². The van der Waals surface area contributed by atoms with Gasteiger partial charge in [0.15, 0.2) is 0 Å². The average Bonchev–Trinajstić information content (AvgIpc) is 3.07. The summed E-state index contributed by atoms with van der Waals surface area (Å²) in [5, 5.41) is 4.08. The van der Waals surface area contributed by atoms with E-state index in [1.54, 1.807) is 0 Å². The molecule has 0 spiro atoms. The Balaban J connectivity index is 2.00. The molecule has 0 atom stereocenters. The molecular weight excluding hydrogens is 274 g/mol. The highest BCUT2D eigenvalue weighted by Crippen LogP contribution is 2.39. The highest BCUT2D eigenvalue weighted by molar-refractivity contribution is 7.09. The van der Waals surface area contributed by atoms with Crippen LogP contribution in [0, 0.1) is 5.41 Å². The van der Waals surface area contributed by atoms with Crippen LogP contribution in [0.2, 0.25) is 0 Å². The predicted molar refractivity (Wildman–Crippen MR) is 80.0 cm³/mol. The van der Waals surface area contributed by atoms with Gasteiger partial charge in [0.2, 0.25) is 5.13 Å². The Morgan fingerprint density at radius 2 is 2.15 bits per heavy atom. The average molecular weight is 297 g/mol. The molecule has 1 N–H and O–H groups in total. The van der Waals surface area contributed by atoms with E-state index in [2.05, 4.69) is 28.5 Å². The predicted octanol–water partition coefficient (Wildman–Crippen LogP) is 3.20. The van der Waals surface area contributed by atoms with Gasteiger partial charge in [-0.1, -0.05) is 26.7 Å². The van der Waals surface area contributed by atoms with E-state index in [0.29, 0.717) is 19.1 Å². The minimum absolute atomic E-state index is 0.0707. The van der Waals surface area contributed by atoms with Crippen molar-refractivity contribution >= 4 is 22.6 Å². The van der Waals surface area contributed by atoms with Gasteiger partial charge >= 0.3 is 5.97 Å². The van der Waals surface area contributed by atoms with Crippen LogP contribution in [0.25, 0.3) is 0 Å². The van der Waals surface area contributed by atoms with Gasteiger partial charge in [0.05, 0.1) is 12.0 Å². The van der Waals surface area contributed by atoms with Crippen LogP contribution < -0.4 is 5.32 Å². The maximum Gasteiger partial charge on any atom is 0.313 e. The molecule has 0 unspecified atom stereocenters. The lowest BCUT2D eigenvalue weighted by atomic mass is 9.86. The van der Waals surface area contributed by atoms with E-state index in [1.807, 2.05) is 6.92 Å². The number of anilines is 1. The van der Waals surface area contributed by atoms with Crippen LogP contribution in [-0.4, -0.2) is 28.5 Å². The number of ether oxygens (including phenoxy) is 1. The van der Waals surface area contributed by atoms with Gasteiger partial charge in [-0.15, -0.1) is 0 Å². The first-order chi connectivity index (χ1) is 9.57. The summed E-state index contributed by atoms with van der Waals surface area (Å²) in [6, 6.07) is 0. The number of nitrogens with zero attached hydrogens (tertiary/aromatic N) is 2. The Bertz CT molecular complexity index is 453. The van der Waals surface area contributed by atoms with Crippen molar-refractivity contribution in [3.63, 3.8) is 0 Å². The molecule has 0 bridgehead atoms. The molecule has 1 heterocycles. The smallest absolute Gasteiger partial charge is 0.313 e. The van der Waals surface area contributed by atoms with Crippen molar-refractivity contribution in [3.8, 4) is 0 Å². The fourth-order valence-electron chi connectivity index (χ4n) is 2.58. The molecular formula is C14H23N3O2S. The zero-order chi connectivity index (χ0) is 14.6. The number of hydrogen-bond donors (Lipinski definition) is 1. The summed E-state index contributed by atoms with van der Waals surface area (Å²) in [5.74, 6) is 1.11. The van der Waals surface area contributed by atoms with E-state index in [-0.39, 0.29) is 11.4 Å². The Morgan fingerprint density at radius 1 is 1.45 bits per heavy atom. The molecule has 6 heteroatoms. The molecule has 0 saturated heterocycles. The first-order valence-corrected chi connectivity index (χ1v) is 8.09. The number of nitrogens with one attached hydrogen (secondary N) is 1. The van der Waals surface area contributed by atoms with Crippen LogP contribution in [0.5, 0.6) is 0 Å². The fourth-order valence-corrected chi connectivity index (χ4v) is 3.28. The van der Waals surface area contributed by atoms with Crippen LogP contribution in [0.4, 0.5) is 5.13 Å². The molecule has 0 amide bonds. The Labute approximate surface area is 124 Å². The molecule has 112 valence electrons. The summed E-state index contributed by atoms with van der Waals surface area (Å²) in [5.41, 5.74) is -0.375. The van der Waals surface area contributed by atoms with Crippen LogP contribution >= 0.6 is 11.5 Å². The lowest BCUT2D eigenvalue weighted by molar-refractivity contribution is -0.154. The maximum atomic E-state index is 12.2. The SMILES string of the molecule is CCOC(=O)C1(CNc2nc(C(C)C)ns2)CCCC1. The van der Waals surface area contributed by atoms with Crippen LogP contribution in [0.1, 0.15) is 58.2 Å². The first-order valence-electron chi connectivity index (χ1n) is 7.32. The van der Waals surface area contributed by atoms with Crippen LogP contribution in [0.3, 0.4) is 0 Å². The van der Waals surface area contributed by atoms with E-state index in [1.165, 1.54) is 11.5 Å². The van der Waals surface area contributed by atoms with Crippen molar-refractivity contribution in [2.75, 3.05) is 18.5 Å². The van der Waals surface area contributed by atoms with Crippen LogP contribution in [0.15, 0.2) is 0 Å². The molecule has 0 radical (unpaired) electrons. The summed E-state index contributed by atoms with van der Waals surface area (Å²) in [6.07, 6.45) is 3.98. The fraction of sp³-hybridized carbons (Fsp3) is 0.786. The number of hydrogen-bond acceptors (Lipinski definition) is 6. The van der Waals surface area contributed by atoms with Crippen molar-refractivity contribution in [1.82, 2.24) is 9.36 Å². The van der Waals surface area contributed by atoms with Gasteiger partial charge in [-0.3, -0.25) is 4.79 Å². The summed E-state index contributed by atoms with van der Waals surface area (Å²) >= 11 is 1.36. The normalized spacial score (nSPS) is 17.4. The number of esters is 1. The van der Waals surface area contributed by atoms with Crippen molar-refractivity contribution in [2.24, 2.45) is 5.41 Å². The van der Waals surface area contributed by atoms with E-state index < -0.39 is 0 Å². The van der Waals surface area contributed by atoms with E-state index in [9.17, 15) is 4.79 Å². The topological polar surface area (TPSA) is 64.1 Å². The standard InChI is InChI=1S/C14H23N3O2S/c1-4-19-12(18)14(7-5-6-8-14)9-15-13-16-11(10(2)3)17-20-13/h10H,4-9H2,1-3H3,(H,15,16,17). The largest absolute Gasteiger partial charge is 0.466 e. The lowest BCUT2D eigenvalue weighted by Gasteiger charge is -2.26. The summed E-state index contributed by atoms with van der Waals surface area (Å²) in [7, 11) is 0. The minimum Gasteiger partial charge on any atom is -0.466 e. The Kier molecular flexibility index (Phi) is 4.96. The number of rotatable bonds is 6. The number of carbonyl (C=O) groups is 1. The van der Waals surface area contributed by atoms with Gasteiger partial charge in [0.25, 0.3) is 0 Å². The molecule has 0 aliphatic heterocycles. The molecule has 5 nitrogen and oxygen atoms in total. The van der Waals surface area contributed by atoms with Gasteiger partial charge in [-0.05, 0) is 19.8 Å². The first kappa shape index (κ1) is 15.2. The van der Waals surface area contributed by atoms with Gasteiger partial charge < -0.3 is 10.1 Å². The second-order valence-electron chi connectivity index (χ2n) is 5.67. The van der Waals surface area contributed by atoms with Crippen molar-refractivity contribution in [1.29, 1.82) is 0 Å². The molecule has 1 fully saturated rings. The van der Waals surface area contributed by atoms with E-state index >= 15 is 0 Å². The summed E-state index contributed by atoms with van der Waals surface area (Å²) in [6.45, 7) is 7.04. The van der Waals surface area contributed by atoms with E-state index in [0.717, 1.165) is 36.6 Å².